The lowest BCUT2D eigenvalue weighted by Gasteiger charge is -2.22. The summed E-state index contributed by atoms with van der Waals surface area (Å²) in [6.07, 6.45) is 6.46. The lowest BCUT2D eigenvalue weighted by Crippen LogP contribution is -2.18. The van der Waals surface area contributed by atoms with Crippen LogP contribution in [0.2, 0.25) is 0 Å². The van der Waals surface area contributed by atoms with Crippen LogP contribution in [0, 0.1) is 0 Å². The zero-order valence-electron chi connectivity index (χ0n) is 13.6. The van der Waals surface area contributed by atoms with Gasteiger partial charge < -0.3 is 19.7 Å². The van der Waals surface area contributed by atoms with Gasteiger partial charge in [0, 0.05) is 19.4 Å². The van der Waals surface area contributed by atoms with Crippen LogP contribution >= 0.6 is 0 Å². The molecule has 2 N–H and O–H groups in total. The first-order chi connectivity index (χ1) is 10.9. The van der Waals surface area contributed by atoms with Crippen LogP contribution in [0.4, 0.5) is 0 Å². The normalized spacial score (nSPS) is 16.9. The van der Waals surface area contributed by atoms with E-state index in [1.807, 2.05) is 26.0 Å². The van der Waals surface area contributed by atoms with Crippen molar-refractivity contribution >= 4 is 11.9 Å². The summed E-state index contributed by atoms with van der Waals surface area (Å²) in [6, 6.07) is 0. The van der Waals surface area contributed by atoms with Crippen molar-refractivity contribution in [2.24, 2.45) is 0 Å². The number of allylic oxidation sites excluding steroid dienone is 2. The standard InChI is InChI=1S/C17H24O6/c1-12(2)14-11-13(22-9-3-5-16(18)19)7-8-15(14)23-10-4-6-17(20)21/h7-8,11,15H,3-6,9-10H2,1-2H3,(H,18,19)(H,20,21). The van der Waals surface area contributed by atoms with Gasteiger partial charge in [0.05, 0.1) is 6.61 Å². The fourth-order valence-corrected chi connectivity index (χ4v) is 2.08. The van der Waals surface area contributed by atoms with E-state index in [1.54, 1.807) is 6.08 Å². The molecule has 0 aromatic rings. The van der Waals surface area contributed by atoms with E-state index in [9.17, 15) is 9.59 Å². The molecule has 1 unspecified atom stereocenters. The summed E-state index contributed by atoms with van der Waals surface area (Å²) in [6.45, 7) is 4.67. The molecule has 128 valence electrons. The summed E-state index contributed by atoms with van der Waals surface area (Å²) in [5.74, 6) is -0.981. The second-order valence-corrected chi connectivity index (χ2v) is 5.50. The van der Waals surface area contributed by atoms with Crippen molar-refractivity contribution in [1.82, 2.24) is 0 Å². The molecule has 0 amide bonds. The SMILES string of the molecule is CC(C)=C1C=C(OCCCC(=O)O)C=CC1OCCCC(=O)O. The molecule has 0 saturated heterocycles. The topological polar surface area (TPSA) is 93.1 Å². The molecule has 0 fully saturated rings. The number of rotatable bonds is 10. The number of aliphatic carboxylic acids is 2. The molecule has 23 heavy (non-hydrogen) atoms. The van der Waals surface area contributed by atoms with Crippen molar-refractivity contribution in [3.63, 3.8) is 0 Å². The largest absolute Gasteiger partial charge is 0.494 e. The van der Waals surface area contributed by atoms with E-state index in [4.69, 9.17) is 19.7 Å². The van der Waals surface area contributed by atoms with Gasteiger partial charge in [0.1, 0.15) is 11.9 Å². The molecule has 6 nitrogen and oxygen atoms in total. The number of carboxylic acids is 2. The first-order valence-electron chi connectivity index (χ1n) is 7.65. The maximum atomic E-state index is 10.5. The predicted octanol–water partition coefficient (Wildman–Crippen LogP) is 2.91. The minimum atomic E-state index is -0.832. The monoisotopic (exact) mass is 324 g/mol. The minimum Gasteiger partial charge on any atom is -0.494 e. The third kappa shape index (κ3) is 7.65. The van der Waals surface area contributed by atoms with Crippen LogP contribution in [0.25, 0.3) is 0 Å². The molecule has 0 spiro atoms. The molecule has 0 aromatic heterocycles. The zero-order valence-corrected chi connectivity index (χ0v) is 13.6. The number of hydrogen-bond acceptors (Lipinski definition) is 4. The summed E-state index contributed by atoms with van der Waals surface area (Å²) in [7, 11) is 0. The van der Waals surface area contributed by atoms with Crippen LogP contribution < -0.4 is 0 Å². The van der Waals surface area contributed by atoms with Gasteiger partial charge in [0.15, 0.2) is 0 Å². The summed E-state index contributed by atoms with van der Waals surface area (Å²) < 4.78 is 11.3. The number of ether oxygens (including phenoxy) is 2. The number of carbonyl (C=O) groups is 2. The van der Waals surface area contributed by atoms with Gasteiger partial charge in [0.2, 0.25) is 0 Å². The highest BCUT2D eigenvalue weighted by Gasteiger charge is 2.17. The summed E-state index contributed by atoms with van der Waals surface area (Å²) in [4.78, 5) is 20.9. The van der Waals surface area contributed by atoms with E-state index >= 15 is 0 Å². The van der Waals surface area contributed by atoms with Crippen LogP contribution in [0.1, 0.15) is 39.5 Å². The van der Waals surface area contributed by atoms with E-state index in [-0.39, 0.29) is 18.9 Å². The van der Waals surface area contributed by atoms with Crippen LogP contribution in [0.5, 0.6) is 0 Å². The molecule has 1 rings (SSSR count). The number of carboxylic acid groups (broad SMARTS) is 2. The zero-order chi connectivity index (χ0) is 17.2. The smallest absolute Gasteiger partial charge is 0.303 e. The third-order valence-electron chi connectivity index (χ3n) is 3.25. The second kappa shape index (κ2) is 9.84. The molecule has 6 heteroatoms. The Morgan fingerprint density at radius 3 is 2.26 bits per heavy atom. The molecule has 0 aromatic carbocycles. The van der Waals surface area contributed by atoms with Gasteiger partial charge in [-0.05, 0) is 50.5 Å². The third-order valence-corrected chi connectivity index (χ3v) is 3.25. The van der Waals surface area contributed by atoms with Gasteiger partial charge in [0.25, 0.3) is 0 Å². The van der Waals surface area contributed by atoms with E-state index in [2.05, 4.69) is 0 Å². The molecular weight excluding hydrogens is 300 g/mol. The van der Waals surface area contributed by atoms with E-state index in [0.29, 0.717) is 31.8 Å². The Hall–Kier alpha value is -2.08. The molecule has 0 bridgehead atoms. The van der Waals surface area contributed by atoms with Gasteiger partial charge in [-0.3, -0.25) is 9.59 Å². The Morgan fingerprint density at radius 1 is 1.09 bits per heavy atom. The average molecular weight is 324 g/mol. The van der Waals surface area contributed by atoms with E-state index < -0.39 is 11.9 Å². The van der Waals surface area contributed by atoms with Crippen molar-refractivity contribution < 1.29 is 29.3 Å². The van der Waals surface area contributed by atoms with Crippen molar-refractivity contribution in [3.8, 4) is 0 Å². The Bertz CT molecular complexity index is 511. The highest BCUT2D eigenvalue weighted by molar-refractivity contribution is 5.66. The van der Waals surface area contributed by atoms with Gasteiger partial charge in [-0.1, -0.05) is 5.57 Å². The maximum Gasteiger partial charge on any atom is 0.303 e. The molecule has 0 heterocycles. The Kier molecular flexibility index (Phi) is 8.11. The lowest BCUT2D eigenvalue weighted by atomic mass is 9.99. The molecule has 0 aliphatic heterocycles. The van der Waals surface area contributed by atoms with Gasteiger partial charge in [-0.2, -0.15) is 0 Å². The molecular formula is C17H24O6. The van der Waals surface area contributed by atoms with Crippen molar-refractivity contribution in [3.05, 3.63) is 35.1 Å². The average Bonchev–Trinajstić information content (AvgIpc) is 2.48. The summed E-state index contributed by atoms with van der Waals surface area (Å²) >= 11 is 0. The lowest BCUT2D eigenvalue weighted by molar-refractivity contribution is -0.138. The molecule has 1 aliphatic rings. The Morgan fingerprint density at radius 2 is 1.70 bits per heavy atom. The van der Waals surface area contributed by atoms with Gasteiger partial charge >= 0.3 is 11.9 Å². The van der Waals surface area contributed by atoms with Crippen LogP contribution in [-0.4, -0.2) is 41.5 Å². The Labute approximate surface area is 136 Å². The van der Waals surface area contributed by atoms with Gasteiger partial charge in [-0.25, -0.2) is 0 Å². The van der Waals surface area contributed by atoms with Crippen molar-refractivity contribution in [1.29, 1.82) is 0 Å². The molecule has 1 atom stereocenters. The predicted molar refractivity (Wildman–Crippen MR) is 85.0 cm³/mol. The van der Waals surface area contributed by atoms with Crippen molar-refractivity contribution in [2.75, 3.05) is 13.2 Å². The molecule has 1 aliphatic carbocycles. The highest BCUT2D eigenvalue weighted by Crippen LogP contribution is 2.23. The quantitative estimate of drug-likeness (QED) is 0.600. The van der Waals surface area contributed by atoms with Crippen LogP contribution in [0.15, 0.2) is 35.1 Å². The van der Waals surface area contributed by atoms with Crippen LogP contribution in [0.3, 0.4) is 0 Å². The van der Waals surface area contributed by atoms with Crippen molar-refractivity contribution in [2.45, 2.75) is 45.6 Å². The van der Waals surface area contributed by atoms with E-state index in [1.165, 1.54) is 0 Å². The minimum absolute atomic E-state index is 0.0851. The summed E-state index contributed by atoms with van der Waals surface area (Å²) in [5, 5.41) is 17.2. The first-order valence-corrected chi connectivity index (χ1v) is 7.65. The fraction of sp³-hybridized carbons (Fsp3) is 0.529. The summed E-state index contributed by atoms with van der Waals surface area (Å²) in [5.41, 5.74) is 2.07. The van der Waals surface area contributed by atoms with Gasteiger partial charge in [-0.15, -0.1) is 0 Å². The fourth-order valence-electron chi connectivity index (χ4n) is 2.08. The highest BCUT2D eigenvalue weighted by atomic mass is 16.5. The Balaban J connectivity index is 2.50. The molecule has 0 radical (unpaired) electrons. The van der Waals surface area contributed by atoms with Crippen LogP contribution in [-0.2, 0) is 19.1 Å². The second-order valence-electron chi connectivity index (χ2n) is 5.50. The molecule has 0 saturated carbocycles. The first kappa shape index (κ1) is 19.0. The maximum absolute atomic E-state index is 10.5. The number of hydrogen-bond donors (Lipinski definition) is 2. The van der Waals surface area contributed by atoms with E-state index in [0.717, 1.165) is 11.1 Å².